The predicted octanol–water partition coefficient (Wildman–Crippen LogP) is 1.39. The molecule has 1 unspecified atom stereocenters. The zero-order valence-electron chi connectivity index (χ0n) is 11.3. The van der Waals surface area contributed by atoms with E-state index in [1.54, 1.807) is 0 Å². The zero-order valence-corrected chi connectivity index (χ0v) is 11.3. The molecule has 0 aliphatic rings. The predicted molar refractivity (Wildman–Crippen MR) is 63.1 cm³/mol. The summed E-state index contributed by atoms with van der Waals surface area (Å²) in [6.45, 7) is 6.24. The normalized spacial score (nSPS) is 12.7. The van der Waals surface area contributed by atoms with Gasteiger partial charge in [0.1, 0.15) is 0 Å². The maximum Gasteiger partial charge on any atom is 0.378 e. The number of hydrogen-bond acceptors (Lipinski definition) is 5. The van der Waals surface area contributed by atoms with Crippen molar-refractivity contribution in [3.05, 3.63) is 12.2 Å². The molecule has 0 fully saturated rings. The van der Waals surface area contributed by atoms with Gasteiger partial charge in [0.05, 0.1) is 0 Å². The van der Waals surface area contributed by atoms with E-state index < -0.39 is 42.5 Å². The largest absolute Gasteiger partial charge is 0.477 e. The van der Waals surface area contributed by atoms with Crippen LogP contribution in [0.2, 0.25) is 0 Å². The summed E-state index contributed by atoms with van der Waals surface area (Å²) in [6.07, 6.45) is -2.16. The first kappa shape index (κ1) is 18.0. The molecule has 0 saturated heterocycles. The smallest absolute Gasteiger partial charge is 0.378 e. The van der Waals surface area contributed by atoms with Crippen molar-refractivity contribution in [1.82, 2.24) is 0 Å². The molecule has 0 aromatic heterocycles. The molecular weight excluding hydrogens is 278 g/mol. The first-order valence-electron chi connectivity index (χ1n) is 5.63. The maximum absolute atomic E-state index is 13.4. The van der Waals surface area contributed by atoms with Crippen molar-refractivity contribution in [3.8, 4) is 0 Å². The molecule has 0 rings (SSSR count). The summed E-state index contributed by atoms with van der Waals surface area (Å²) < 4.78 is 35.5. The van der Waals surface area contributed by atoms with Crippen LogP contribution in [0.5, 0.6) is 0 Å². The number of carboxylic acid groups (broad SMARTS) is 1. The van der Waals surface area contributed by atoms with Gasteiger partial charge in [-0.2, -0.15) is 8.78 Å². The number of hydrogen-bond donors (Lipinski definition) is 1. The van der Waals surface area contributed by atoms with Crippen molar-refractivity contribution in [3.63, 3.8) is 0 Å². The minimum Gasteiger partial charge on any atom is -0.477 e. The lowest BCUT2D eigenvalue weighted by atomic mass is 10.0. The first-order valence-corrected chi connectivity index (χ1v) is 5.63. The Bertz CT molecular complexity index is 416. The number of aliphatic carboxylic acids is 1. The highest BCUT2D eigenvalue weighted by atomic mass is 19.3. The molecule has 0 aliphatic heterocycles. The van der Waals surface area contributed by atoms with E-state index in [1.807, 2.05) is 0 Å². The van der Waals surface area contributed by atoms with E-state index in [0.29, 0.717) is 0 Å². The number of ether oxygens (including phenoxy) is 2. The number of carbonyl (C=O) groups excluding carboxylic acids is 2. The standard InChI is InChI=1S/C12H16F2O6/c1-6(2)9(12(13,14)11(17)18)20-8(15)5-19-10(16)7(3)4/h6,9H,3,5H2,1-2,4H3,(H,17,18). The second-order valence-corrected chi connectivity index (χ2v) is 4.44. The van der Waals surface area contributed by atoms with Gasteiger partial charge in [-0.15, -0.1) is 0 Å². The van der Waals surface area contributed by atoms with Crippen LogP contribution in [-0.2, 0) is 23.9 Å². The molecule has 6 nitrogen and oxygen atoms in total. The first-order chi connectivity index (χ1) is 9.00. The Morgan fingerprint density at radius 1 is 1.30 bits per heavy atom. The van der Waals surface area contributed by atoms with E-state index in [-0.39, 0.29) is 5.57 Å². The highest BCUT2D eigenvalue weighted by Crippen LogP contribution is 2.27. The van der Waals surface area contributed by atoms with Crippen LogP contribution in [-0.4, -0.2) is 41.6 Å². The lowest BCUT2D eigenvalue weighted by Crippen LogP contribution is -2.47. The van der Waals surface area contributed by atoms with Gasteiger partial charge in [-0.25, -0.2) is 14.4 Å². The molecule has 0 saturated carbocycles. The fraction of sp³-hybridized carbons (Fsp3) is 0.583. The molecule has 0 heterocycles. The van der Waals surface area contributed by atoms with Gasteiger partial charge in [-0.05, 0) is 12.8 Å². The van der Waals surface area contributed by atoms with E-state index in [9.17, 15) is 23.2 Å². The molecule has 1 atom stereocenters. The van der Waals surface area contributed by atoms with Crippen LogP contribution in [0.3, 0.4) is 0 Å². The van der Waals surface area contributed by atoms with Gasteiger partial charge in [0.25, 0.3) is 0 Å². The molecule has 0 aromatic carbocycles. The van der Waals surface area contributed by atoms with Crippen LogP contribution in [0.4, 0.5) is 8.78 Å². The molecule has 1 N–H and O–H groups in total. The molecule has 0 radical (unpaired) electrons. The van der Waals surface area contributed by atoms with Gasteiger partial charge in [-0.1, -0.05) is 20.4 Å². The molecule has 0 bridgehead atoms. The molecule has 0 amide bonds. The lowest BCUT2D eigenvalue weighted by Gasteiger charge is -2.26. The van der Waals surface area contributed by atoms with Crippen molar-refractivity contribution in [2.24, 2.45) is 5.92 Å². The number of esters is 2. The van der Waals surface area contributed by atoms with Crippen molar-refractivity contribution in [2.75, 3.05) is 6.61 Å². The summed E-state index contributed by atoms with van der Waals surface area (Å²) in [5, 5.41) is 8.43. The van der Waals surface area contributed by atoms with E-state index in [1.165, 1.54) is 20.8 Å². The van der Waals surface area contributed by atoms with E-state index in [2.05, 4.69) is 16.1 Å². The van der Waals surface area contributed by atoms with E-state index in [4.69, 9.17) is 5.11 Å². The van der Waals surface area contributed by atoms with Gasteiger partial charge >= 0.3 is 23.8 Å². The topological polar surface area (TPSA) is 89.9 Å². The monoisotopic (exact) mass is 294 g/mol. The van der Waals surface area contributed by atoms with Crippen molar-refractivity contribution >= 4 is 17.9 Å². The van der Waals surface area contributed by atoms with Gasteiger partial charge in [0.15, 0.2) is 12.7 Å². The molecule has 0 spiro atoms. The summed E-state index contributed by atoms with van der Waals surface area (Å²) in [5.74, 6) is -9.72. The Labute approximate surface area is 114 Å². The van der Waals surface area contributed by atoms with E-state index in [0.717, 1.165) is 0 Å². The SMILES string of the molecule is C=C(C)C(=O)OCC(=O)OC(C(C)C)C(F)(F)C(=O)O. The Morgan fingerprint density at radius 2 is 1.80 bits per heavy atom. The van der Waals surface area contributed by atoms with Crippen molar-refractivity contribution in [1.29, 1.82) is 0 Å². The number of alkyl halides is 2. The fourth-order valence-electron chi connectivity index (χ4n) is 1.17. The van der Waals surface area contributed by atoms with Gasteiger partial charge in [-0.3, -0.25) is 0 Å². The third kappa shape index (κ3) is 4.94. The van der Waals surface area contributed by atoms with Crippen molar-refractivity contribution < 1.29 is 37.7 Å². The Hall–Kier alpha value is -1.99. The Morgan fingerprint density at radius 3 is 2.15 bits per heavy atom. The fourth-order valence-corrected chi connectivity index (χ4v) is 1.17. The van der Waals surface area contributed by atoms with Crippen LogP contribution in [0.25, 0.3) is 0 Å². The Kier molecular flexibility index (Phi) is 6.28. The highest BCUT2D eigenvalue weighted by Gasteiger charge is 2.51. The third-order valence-electron chi connectivity index (χ3n) is 2.18. The molecule has 8 heteroatoms. The molecular formula is C12H16F2O6. The molecule has 0 aliphatic carbocycles. The highest BCUT2D eigenvalue weighted by molar-refractivity contribution is 5.88. The lowest BCUT2D eigenvalue weighted by molar-refractivity contribution is -0.201. The maximum atomic E-state index is 13.4. The van der Waals surface area contributed by atoms with Crippen LogP contribution < -0.4 is 0 Å². The minimum absolute atomic E-state index is 0.0223. The average molecular weight is 294 g/mol. The number of rotatable bonds is 7. The zero-order chi connectivity index (χ0) is 16.1. The molecule has 0 aromatic rings. The minimum atomic E-state index is -4.23. The van der Waals surface area contributed by atoms with Crippen LogP contribution in [0.15, 0.2) is 12.2 Å². The second kappa shape index (κ2) is 6.97. The average Bonchev–Trinajstić information content (AvgIpc) is 2.31. The van der Waals surface area contributed by atoms with Gasteiger partial charge < -0.3 is 14.6 Å². The third-order valence-corrected chi connectivity index (χ3v) is 2.18. The van der Waals surface area contributed by atoms with E-state index >= 15 is 0 Å². The van der Waals surface area contributed by atoms with Crippen LogP contribution in [0.1, 0.15) is 20.8 Å². The summed E-state index contributed by atoms with van der Waals surface area (Å²) in [7, 11) is 0. The summed E-state index contributed by atoms with van der Waals surface area (Å²) in [4.78, 5) is 32.8. The van der Waals surface area contributed by atoms with Crippen molar-refractivity contribution in [2.45, 2.75) is 32.8 Å². The molecule has 114 valence electrons. The summed E-state index contributed by atoms with van der Waals surface area (Å²) >= 11 is 0. The number of carbonyl (C=O) groups is 3. The summed E-state index contributed by atoms with van der Waals surface area (Å²) in [6, 6.07) is 0. The molecule has 20 heavy (non-hydrogen) atoms. The quantitative estimate of drug-likeness (QED) is 0.564. The van der Waals surface area contributed by atoms with Gasteiger partial charge in [0.2, 0.25) is 0 Å². The van der Waals surface area contributed by atoms with Crippen LogP contribution >= 0.6 is 0 Å². The Balaban J connectivity index is 4.70. The van der Waals surface area contributed by atoms with Gasteiger partial charge in [0, 0.05) is 5.57 Å². The summed E-state index contributed by atoms with van der Waals surface area (Å²) in [5.41, 5.74) is 0.0223. The number of carboxylic acids is 1. The second-order valence-electron chi connectivity index (χ2n) is 4.44. The van der Waals surface area contributed by atoms with Crippen LogP contribution in [0, 0.1) is 5.92 Å². The number of halogens is 2.